The van der Waals surface area contributed by atoms with Gasteiger partial charge in [0.05, 0.1) is 23.2 Å². The van der Waals surface area contributed by atoms with Crippen molar-refractivity contribution in [2.75, 3.05) is 11.4 Å². The molecule has 3 rings (SSSR count). The number of amides is 2. The molecule has 0 radical (unpaired) electrons. The quantitative estimate of drug-likeness (QED) is 0.923. The van der Waals surface area contributed by atoms with Gasteiger partial charge in [-0.3, -0.25) is 9.59 Å². The van der Waals surface area contributed by atoms with Crippen LogP contribution in [-0.4, -0.2) is 23.3 Å². The molecule has 1 saturated heterocycles. The summed E-state index contributed by atoms with van der Waals surface area (Å²) in [5, 5.41) is 6.18. The number of hydrogen-bond acceptors (Lipinski definition) is 4. The second-order valence-corrected chi connectivity index (χ2v) is 6.81. The second-order valence-electron chi connectivity index (χ2n) is 5.46. The molecule has 2 aromatic rings. The third-order valence-electron chi connectivity index (χ3n) is 3.72. The van der Waals surface area contributed by atoms with Crippen molar-refractivity contribution in [3.8, 4) is 0 Å². The number of benzene rings is 1. The fraction of sp³-hybridized carbons (Fsp3) is 0.312. The standard InChI is InChI=1S/C16H16ClN3O2S/c1-10-9-23-14(19-10)7-18-16(22)11-6-15(21)20(8-11)13-5-3-2-4-12(13)17/h2-5,9,11H,6-8H2,1H3,(H,18,22). The molecule has 120 valence electrons. The van der Waals surface area contributed by atoms with Gasteiger partial charge in [-0.1, -0.05) is 23.7 Å². The normalized spacial score (nSPS) is 17.6. The van der Waals surface area contributed by atoms with Gasteiger partial charge in [0, 0.05) is 24.0 Å². The number of nitrogens with zero attached hydrogens (tertiary/aromatic N) is 2. The number of hydrogen-bond donors (Lipinski definition) is 1. The lowest BCUT2D eigenvalue weighted by Gasteiger charge is -2.17. The Balaban J connectivity index is 1.63. The molecule has 5 nitrogen and oxygen atoms in total. The Labute approximate surface area is 143 Å². The number of anilines is 1. The van der Waals surface area contributed by atoms with Crippen LogP contribution in [0.5, 0.6) is 0 Å². The van der Waals surface area contributed by atoms with Gasteiger partial charge in [-0.15, -0.1) is 11.3 Å². The molecule has 0 aliphatic carbocycles. The van der Waals surface area contributed by atoms with Gasteiger partial charge >= 0.3 is 0 Å². The summed E-state index contributed by atoms with van der Waals surface area (Å²) in [5.41, 5.74) is 1.60. The Bertz CT molecular complexity index is 746. The monoisotopic (exact) mass is 349 g/mol. The first-order chi connectivity index (χ1) is 11.0. The lowest BCUT2D eigenvalue weighted by atomic mass is 10.1. The Kier molecular flexibility index (Phi) is 4.63. The topological polar surface area (TPSA) is 62.3 Å². The zero-order chi connectivity index (χ0) is 16.4. The lowest BCUT2D eigenvalue weighted by Crippen LogP contribution is -2.32. The first-order valence-corrected chi connectivity index (χ1v) is 8.54. The highest BCUT2D eigenvalue weighted by molar-refractivity contribution is 7.09. The van der Waals surface area contributed by atoms with Crippen LogP contribution in [0.1, 0.15) is 17.1 Å². The number of aryl methyl sites for hydroxylation is 1. The van der Waals surface area contributed by atoms with E-state index in [2.05, 4.69) is 10.3 Å². The van der Waals surface area contributed by atoms with E-state index in [0.29, 0.717) is 23.8 Å². The minimum atomic E-state index is -0.361. The van der Waals surface area contributed by atoms with Crippen molar-refractivity contribution < 1.29 is 9.59 Å². The number of para-hydroxylation sites is 1. The number of carbonyl (C=O) groups is 2. The van der Waals surface area contributed by atoms with Crippen LogP contribution in [0.3, 0.4) is 0 Å². The molecule has 1 unspecified atom stereocenters. The Morgan fingerprint density at radius 1 is 1.48 bits per heavy atom. The molecule has 0 spiro atoms. The van der Waals surface area contributed by atoms with Crippen LogP contribution in [0.15, 0.2) is 29.6 Å². The maximum atomic E-state index is 12.3. The van der Waals surface area contributed by atoms with Gasteiger partial charge in [0.15, 0.2) is 0 Å². The van der Waals surface area contributed by atoms with Crippen LogP contribution in [-0.2, 0) is 16.1 Å². The largest absolute Gasteiger partial charge is 0.349 e. The molecule has 1 N–H and O–H groups in total. The van der Waals surface area contributed by atoms with E-state index in [4.69, 9.17) is 11.6 Å². The average molecular weight is 350 g/mol. The number of rotatable bonds is 4. The van der Waals surface area contributed by atoms with Crippen LogP contribution >= 0.6 is 22.9 Å². The molecule has 23 heavy (non-hydrogen) atoms. The third-order valence-corrected chi connectivity index (χ3v) is 5.01. The first kappa shape index (κ1) is 16.0. The summed E-state index contributed by atoms with van der Waals surface area (Å²) in [6, 6.07) is 7.17. The van der Waals surface area contributed by atoms with Crippen molar-refractivity contribution in [3.63, 3.8) is 0 Å². The molecule has 2 amide bonds. The minimum absolute atomic E-state index is 0.0802. The van der Waals surface area contributed by atoms with Crippen LogP contribution in [0, 0.1) is 12.8 Å². The van der Waals surface area contributed by atoms with Crippen molar-refractivity contribution in [2.24, 2.45) is 5.92 Å². The number of halogens is 1. The molecule has 2 heterocycles. The molecule has 1 aromatic carbocycles. The summed E-state index contributed by atoms with van der Waals surface area (Å²) in [6.07, 6.45) is 0.202. The molecule has 7 heteroatoms. The van der Waals surface area contributed by atoms with E-state index >= 15 is 0 Å². The summed E-state index contributed by atoms with van der Waals surface area (Å²) < 4.78 is 0. The van der Waals surface area contributed by atoms with Crippen molar-refractivity contribution in [1.82, 2.24) is 10.3 Å². The minimum Gasteiger partial charge on any atom is -0.349 e. The van der Waals surface area contributed by atoms with Crippen LogP contribution in [0.2, 0.25) is 5.02 Å². The number of thiazole rings is 1. The van der Waals surface area contributed by atoms with Crippen LogP contribution < -0.4 is 10.2 Å². The van der Waals surface area contributed by atoms with Gasteiger partial charge in [-0.2, -0.15) is 0 Å². The maximum Gasteiger partial charge on any atom is 0.227 e. The van der Waals surface area contributed by atoms with Gasteiger partial charge in [-0.05, 0) is 19.1 Å². The highest BCUT2D eigenvalue weighted by atomic mass is 35.5. The van der Waals surface area contributed by atoms with E-state index < -0.39 is 0 Å². The van der Waals surface area contributed by atoms with Gasteiger partial charge in [0.1, 0.15) is 5.01 Å². The van der Waals surface area contributed by atoms with Crippen molar-refractivity contribution in [2.45, 2.75) is 19.9 Å². The van der Waals surface area contributed by atoms with E-state index in [-0.39, 0.29) is 24.2 Å². The summed E-state index contributed by atoms with van der Waals surface area (Å²) in [5.74, 6) is -0.566. The van der Waals surface area contributed by atoms with Gasteiger partial charge in [0.2, 0.25) is 11.8 Å². The summed E-state index contributed by atoms with van der Waals surface area (Å²) in [7, 11) is 0. The predicted octanol–water partition coefficient (Wildman–Crippen LogP) is 2.77. The summed E-state index contributed by atoms with van der Waals surface area (Å²) in [6.45, 7) is 2.67. The molecule has 0 saturated carbocycles. The van der Waals surface area contributed by atoms with Gasteiger partial charge in [-0.25, -0.2) is 4.98 Å². The maximum absolute atomic E-state index is 12.3. The molecule has 0 bridgehead atoms. The zero-order valence-corrected chi connectivity index (χ0v) is 14.2. The number of aromatic nitrogens is 1. The van der Waals surface area contributed by atoms with Gasteiger partial charge in [0.25, 0.3) is 0 Å². The number of carbonyl (C=O) groups excluding carboxylic acids is 2. The highest BCUT2D eigenvalue weighted by Crippen LogP contribution is 2.31. The fourth-order valence-corrected chi connectivity index (χ4v) is 3.53. The first-order valence-electron chi connectivity index (χ1n) is 7.28. The summed E-state index contributed by atoms with van der Waals surface area (Å²) >= 11 is 7.65. The lowest BCUT2D eigenvalue weighted by molar-refractivity contribution is -0.126. The zero-order valence-electron chi connectivity index (χ0n) is 12.6. The second kappa shape index (κ2) is 6.68. The van der Waals surface area contributed by atoms with E-state index in [1.807, 2.05) is 24.4 Å². The Hall–Kier alpha value is -1.92. The van der Waals surface area contributed by atoms with E-state index in [9.17, 15) is 9.59 Å². The third kappa shape index (κ3) is 3.54. The highest BCUT2D eigenvalue weighted by Gasteiger charge is 2.35. The molecule has 1 aliphatic heterocycles. The summed E-state index contributed by atoms with van der Waals surface area (Å²) in [4.78, 5) is 30.4. The smallest absolute Gasteiger partial charge is 0.227 e. The number of nitrogens with one attached hydrogen (secondary N) is 1. The molecule has 1 fully saturated rings. The van der Waals surface area contributed by atoms with E-state index in [1.54, 1.807) is 17.0 Å². The van der Waals surface area contributed by atoms with Crippen molar-refractivity contribution >= 4 is 40.4 Å². The van der Waals surface area contributed by atoms with E-state index in [0.717, 1.165) is 10.7 Å². The molecular weight excluding hydrogens is 334 g/mol. The Morgan fingerprint density at radius 2 is 2.26 bits per heavy atom. The van der Waals surface area contributed by atoms with Crippen molar-refractivity contribution in [3.05, 3.63) is 45.4 Å². The van der Waals surface area contributed by atoms with Crippen molar-refractivity contribution in [1.29, 1.82) is 0 Å². The molecular formula is C16H16ClN3O2S. The SMILES string of the molecule is Cc1csc(CNC(=O)C2CC(=O)N(c3ccccc3Cl)C2)n1. The Morgan fingerprint density at radius 3 is 2.96 bits per heavy atom. The van der Waals surface area contributed by atoms with Crippen LogP contribution in [0.25, 0.3) is 0 Å². The van der Waals surface area contributed by atoms with Gasteiger partial charge < -0.3 is 10.2 Å². The molecule has 1 atom stereocenters. The molecule has 1 aromatic heterocycles. The fourth-order valence-electron chi connectivity index (χ4n) is 2.58. The van der Waals surface area contributed by atoms with E-state index in [1.165, 1.54) is 11.3 Å². The average Bonchev–Trinajstić information content (AvgIpc) is 3.11. The molecule has 1 aliphatic rings. The predicted molar refractivity (Wildman–Crippen MR) is 90.6 cm³/mol. The van der Waals surface area contributed by atoms with Crippen LogP contribution in [0.4, 0.5) is 5.69 Å².